The van der Waals surface area contributed by atoms with E-state index in [1.54, 1.807) is 7.11 Å². The summed E-state index contributed by atoms with van der Waals surface area (Å²) in [7, 11) is 1.74. The van der Waals surface area contributed by atoms with Crippen molar-refractivity contribution >= 4 is 0 Å². The predicted molar refractivity (Wildman–Crippen MR) is 94.2 cm³/mol. The van der Waals surface area contributed by atoms with Gasteiger partial charge in [-0.15, -0.1) is 0 Å². The monoisotopic (exact) mass is 323 g/mol. The highest BCUT2D eigenvalue weighted by atomic mass is 16.5. The molecule has 3 heterocycles. The number of aromatic nitrogens is 2. The average Bonchev–Trinajstić information content (AvgIpc) is 2.83. The molecule has 1 saturated heterocycles. The minimum atomic E-state index is 0.473. The zero-order valence-corrected chi connectivity index (χ0v) is 15.0. The Kier molecular flexibility index (Phi) is 3.80. The molecule has 0 unspecified atom stereocenters. The third kappa shape index (κ3) is 2.49. The molecule has 2 aliphatic rings. The van der Waals surface area contributed by atoms with E-state index in [-0.39, 0.29) is 0 Å². The van der Waals surface area contributed by atoms with Crippen LogP contribution in [0.5, 0.6) is 5.75 Å². The molecular weight excluding hydrogens is 298 g/mol. The first-order chi connectivity index (χ1) is 11.6. The molecule has 4 nitrogen and oxygen atoms in total. The SMILES string of the molecule is COc1cc(C)c(CN2[C@H]3CC[C@@H]2c2cnc(C)nc2C3)cc1C. The molecule has 0 N–H and O–H groups in total. The Labute approximate surface area is 143 Å². The molecule has 2 bridgehead atoms. The van der Waals surface area contributed by atoms with Crippen LogP contribution in [0.25, 0.3) is 0 Å². The summed E-state index contributed by atoms with van der Waals surface area (Å²) in [6, 6.07) is 5.53. The number of aryl methyl sites for hydroxylation is 3. The number of ether oxygens (including phenoxy) is 1. The van der Waals surface area contributed by atoms with Gasteiger partial charge in [0.15, 0.2) is 0 Å². The van der Waals surface area contributed by atoms with Crippen LogP contribution >= 0.6 is 0 Å². The number of benzene rings is 1. The van der Waals surface area contributed by atoms with E-state index in [4.69, 9.17) is 9.72 Å². The summed E-state index contributed by atoms with van der Waals surface area (Å²) >= 11 is 0. The molecule has 4 rings (SSSR count). The number of rotatable bonds is 3. The van der Waals surface area contributed by atoms with Gasteiger partial charge in [-0.1, -0.05) is 6.07 Å². The minimum absolute atomic E-state index is 0.473. The average molecular weight is 323 g/mol. The number of hydrogen-bond donors (Lipinski definition) is 0. The lowest BCUT2D eigenvalue weighted by molar-refractivity contribution is 0.165. The fraction of sp³-hybridized carbons (Fsp3) is 0.500. The van der Waals surface area contributed by atoms with Crippen LogP contribution < -0.4 is 4.74 Å². The van der Waals surface area contributed by atoms with Crippen LogP contribution in [0.1, 0.15) is 52.7 Å². The van der Waals surface area contributed by atoms with Crippen LogP contribution in [0.15, 0.2) is 18.3 Å². The standard InChI is InChI=1S/C20H25N3O/c1-12-8-20(24-4)13(2)7-15(12)11-23-16-5-6-19(23)17-10-21-14(3)22-18(17)9-16/h7-8,10,16,19H,5-6,9,11H2,1-4H3/t16-,19+/m0/s1. The van der Waals surface area contributed by atoms with Crippen molar-refractivity contribution in [3.05, 3.63) is 52.1 Å². The van der Waals surface area contributed by atoms with Crippen LogP contribution in [0.2, 0.25) is 0 Å². The molecule has 1 aromatic carbocycles. The van der Waals surface area contributed by atoms with Crippen molar-refractivity contribution in [2.45, 2.75) is 58.7 Å². The second-order valence-corrected chi connectivity index (χ2v) is 7.19. The molecule has 2 aromatic rings. The smallest absolute Gasteiger partial charge is 0.125 e. The van der Waals surface area contributed by atoms with Gasteiger partial charge in [-0.3, -0.25) is 4.90 Å². The summed E-state index contributed by atoms with van der Waals surface area (Å²) in [4.78, 5) is 11.8. The predicted octanol–water partition coefficient (Wildman–Crippen LogP) is 3.67. The van der Waals surface area contributed by atoms with Crippen LogP contribution in [-0.2, 0) is 13.0 Å². The first kappa shape index (κ1) is 15.6. The summed E-state index contributed by atoms with van der Waals surface area (Å²) in [6.45, 7) is 7.29. The number of nitrogens with zero attached hydrogens (tertiary/aromatic N) is 3. The lowest BCUT2D eigenvalue weighted by Crippen LogP contribution is -2.37. The van der Waals surface area contributed by atoms with Crippen LogP contribution in [0, 0.1) is 20.8 Å². The van der Waals surface area contributed by atoms with E-state index in [1.165, 1.54) is 40.8 Å². The Bertz CT molecular complexity index is 787. The molecule has 24 heavy (non-hydrogen) atoms. The second-order valence-electron chi connectivity index (χ2n) is 7.19. The second kappa shape index (κ2) is 5.85. The molecule has 0 amide bonds. The molecule has 2 aliphatic heterocycles. The summed E-state index contributed by atoms with van der Waals surface area (Å²) in [5.41, 5.74) is 6.54. The van der Waals surface area contributed by atoms with E-state index >= 15 is 0 Å². The van der Waals surface area contributed by atoms with Crippen molar-refractivity contribution in [1.29, 1.82) is 0 Å². The maximum absolute atomic E-state index is 5.45. The highest BCUT2D eigenvalue weighted by molar-refractivity contribution is 5.42. The fourth-order valence-corrected chi connectivity index (χ4v) is 4.36. The van der Waals surface area contributed by atoms with Gasteiger partial charge in [0.2, 0.25) is 0 Å². The molecule has 4 heteroatoms. The zero-order chi connectivity index (χ0) is 16.8. The van der Waals surface area contributed by atoms with Gasteiger partial charge in [0, 0.05) is 36.8 Å². The van der Waals surface area contributed by atoms with E-state index < -0.39 is 0 Å². The van der Waals surface area contributed by atoms with Crippen LogP contribution in [-0.4, -0.2) is 28.0 Å². The Balaban J connectivity index is 1.65. The molecule has 1 fully saturated rings. The Hall–Kier alpha value is -1.94. The third-order valence-electron chi connectivity index (χ3n) is 5.66. The van der Waals surface area contributed by atoms with Crippen molar-refractivity contribution in [3.8, 4) is 5.75 Å². The summed E-state index contributed by atoms with van der Waals surface area (Å²) in [5, 5.41) is 0. The Morgan fingerprint density at radius 3 is 2.79 bits per heavy atom. The molecule has 0 aliphatic carbocycles. The number of fused-ring (bicyclic) bond motifs is 4. The molecule has 1 aromatic heterocycles. The molecular formula is C20H25N3O. The maximum atomic E-state index is 5.45. The van der Waals surface area contributed by atoms with Crippen molar-refractivity contribution in [2.75, 3.05) is 7.11 Å². The molecule has 0 spiro atoms. The Morgan fingerprint density at radius 1 is 1.17 bits per heavy atom. The Morgan fingerprint density at radius 2 is 2.00 bits per heavy atom. The number of hydrogen-bond acceptors (Lipinski definition) is 4. The lowest BCUT2D eigenvalue weighted by Gasteiger charge is -2.36. The van der Waals surface area contributed by atoms with Gasteiger partial charge in [0.25, 0.3) is 0 Å². The summed E-state index contributed by atoms with van der Waals surface area (Å²) in [5.74, 6) is 1.87. The fourth-order valence-electron chi connectivity index (χ4n) is 4.36. The van der Waals surface area contributed by atoms with Crippen LogP contribution in [0.4, 0.5) is 0 Å². The zero-order valence-electron chi connectivity index (χ0n) is 15.0. The van der Waals surface area contributed by atoms with Crippen molar-refractivity contribution in [1.82, 2.24) is 14.9 Å². The maximum Gasteiger partial charge on any atom is 0.125 e. The first-order valence-electron chi connectivity index (χ1n) is 8.79. The van der Waals surface area contributed by atoms with Crippen molar-refractivity contribution in [2.24, 2.45) is 0 Å². The van der Waals surface area contributed by atoms with Gasteiger partial charge < -0.3 is 4.74 Å². The van der Waals surface area contributed by atoms with Gasteiger partial charge in [-0.25, -0.2) is 9.97 Å². The minimum Gasteiger partial charge on any atom is -0.496 e. The quantitative estimate of drug-likeness (QED) is 0.864. The lowest BCUT2D eigenvalue weighted by atomic mass is 9.97. The normalized spacial score (nSPS) is 22.5. The van der Waals surface area contributed by atoms with E-state index in [9.17, 15) is 0 Å². The van der Waals surface area contributed by atoms with E-state index in [0.29, 0.717) is 12.1 Å². The van der Waals surface area contributed by atoms with E-state index in [0.717, 1.165) is 24.5 Å². The summed E-state index contributed by atoms with van der Waals surface area (Å²) < 4.78 is 5.45. The largest absolute Gasteiger partial charge is 0.496 e. The van der Waals surface area contributed by atoms with Gasteiger partial charge in [0.1, 0.15) is 11.6 Å². The van der Waals surface area contributed by atoms with Crippen molar-refractivity contribution < 1.29 is 4.74 Å². The van der Waals surface area contributed by atoms with E-state index in [2.05, 4.69) is 42.1 Å². The van der Waals surface area contributed by atoms with Gasteiger partial charge in [-0.05, 0) is 56.4 Å². The third-order valence-corrected chi connectivity index (χ3v) is 5.66. The first-order valence-corrected chi connectivity index (χ1v) is 8.79. The van der Waals surface area contributed by atoms with Gasteiger partial charge in [-0.2, -0.15) is 0 Å². The van der Waals surface area contributed by atoms with E-state index in [1.807, 2.05) is 6.92 Å². The highest BCUT2D eigenvalue weighted by Gasteiger charge is 2.40. The topological polar surface area (TPSA) is 38.2 Å². The summed E-state index contributed by atoms with van der Waals surface area (Å²) in [6.07, 6.45) is 5.60. The van der Waals surface area contributed by atoms with Gasteiger partial charge >= 0.3 is 0 Å². The van der Waals surface area contributed by atoms with Crippen LogP contribution in [0.3, 0.4) is 0 Å². The molecule has 2 atom stereocenters. The molecule has 0 radical (unpaired) electrons. The van der Waals surface area contributed by atoms with Gasteiger partial charge in [0.05, 0.1) is 12.8 Å². The highest BCUT2D eigenvalue weighted by Crippen LogP contribution is 2.44. The molecule has 126 valence electrons. The van der Waals surface area contributed by atoms with Crippen molar-refractivity contribution in [3.63, 3.8) is 0 Å². The molecule has 0 saturated carbocycles. The number of methoxy groups -OCH3 is 1.